The molecule has 1 saturated heterocycles. The number of aromatic hydroxyl groups is 2. The number of rotatable bonds is 14. The van der Waals surface area contributed by atoms with Crippen LogP contribution in [0.25, 0.3) is 0 Å². The summed E-state index contributed by atoms with van der Waals surface area (Å²) in [6.45, 7) is 11.7. The molecular weight excluding hydrogens is 400 g/mol. The van der Waals surface area contributed by atoms with Gasteiger partial charge < -0.3 is 14.9 Å². The van der Waals surface area contributed by atoms with Crippen LogP contribution >= 0.6 is 0 Å². The Morgan fingerprint density at radius 1 is 0.875 bits per heavy atom. The number of aromatic nitrogens is 1. The third kappa shape index (κ3) is 7.15. The summed E-state index contributed by atoms with van der Waals surface area (Å²) in [5.74, 6) is 0.455. The lowest BCUT2D eigenvalue weighted by atomic mass is 9.77. The van der Waals surface area contributed by atoms with Crippen LogP contribution in [-0.2, 0) is 11.2 Å². The zero-order valence-electron chi connectivity index (χ0n) is 21.8. The summed E-state index contributed by atoms with van der Waals surface area (Å²) in [6, 6.07) is 1.85. The molecule has 1 aromatic heterocycles. The number of likely N-dealkylation sites (tertiary alicyclic amines) is 1. The molecule has 0 aromatic carbocycles. The maximum atomic E-state index is 11.0. The van der Waals surface area contributed by atoms with Gasteiger partial charge in [-0.2, -0.15) is 0 Å². The van der Waals surface area contributed by atoms with Crippen molar-refractivity contribution in [3.05, 3.63) is 11.6 Å². The number of ether oxygens (including phenoxy) is 1. The van der Waals surface area contributed by atoms with Gasteiger partial charge >= 0.3 is 0 Å². The molecule has 0 spiro atoms. The second-order valence-corrected chi connectivity index (χ2v) is 11.2. The average Bonchev–Trinajstić information content (AvgIpc) is 2.99. The zero-order chi connectivity index (χ0) is 23.8. The van der Waals surface area contributed by atoms with E-state index in [9.17, 15) is 10.2 Å². The monoisotopic (exact) mass is 450 g/mol. The van der Waals surface area contributed by atoms with Crippen LogP contribution in [0.15, 0.2) is 6.07 Å². The molecule has 0 aliphatic carbocycles. The summed E-state index contributed by atoms with van der Waals surface area (Å²) in [4.78, 5) is 2.39. The van der Waals surface area contributed by atoms with E-state index in [1.54, 1.807) is 17.7 Å². The first-order chi connectivity index (χ1) is 15.1. The fourth-order valence-corrected chi connectivity index (χ4v) is 5.83. The van der Waals surface area contributed by atoms with Gasteiger partial charge in [0.2, 0.25) is 0 Å². The van der Waals surface area contributed by atoms with Crippen molar-refractivity contribution in [2.45, 2.75) is 135 Å². The minimum Gasteiger partial charge on any atom is -0.494 e. The quantitative estimate of drug-likeness (QED) is 0.295. The summed E-state index contributed by atoms with van der Waals surface area (Å²) in [7, 11) is 1.74. The third-order valence-electron chi connectivity index (χ3n) is 7.42. The predicted octanol–water partition coefficient (Wildman–Crippen LogP) is 7.16. The molecule has 0 unspecified atom stereocenters. The van der Waals surface area contributed by atoms with Crippen LogP contribution in [0, 0.1) is 0 Å². The van der Waals surface area contributed by atoms with Crippen molar-refractivity contribution in [1.29, 1.82) is 0 Å². The zero-order valence-corrected chi connectivity index (χ0v) is 21.8. The van der Waals surface area contributed by atoms with Gasteiger partial charge in [0.15, 0.2) is 11.8 Å². The number of piperidine rings is 1. The lowest BCUT2D eigenvalue weighted by molar-refractivity contribution is -0.107. The molecular formula is C27H50N2O3. The number of aryl methyl sites for hydroxylation is 1. The van der Waals surface area contributed by atoms with Gasteiger partial charge in [-0.05, 0) is 53.4 Å². The summed E-state index contributed by atoms with van der Waals surface area (Å²) in [5, 5.41) is 21.7. The van der Waals surface area contributed by atoms with Crippen LogP contribution in [0.4, 0.5) is 0 Å². The van der Waals surface area contributed by atoms with Crippen molar-refractivity contribution in [3.63, 3.8) is 0 Å². The predicted molar refractivity (Wildman–Crippen MR) is 133 cm³/mol. The van der Waals surface area contributed by atoms with Gasteiger partial charge in [-0.3, -0.25) is 9.47 Å². The molecule has 0 bridgehead atoms. The smallest absolute Gasteiger partial charge is 0.197 e. The molecule has 1 aromatic rings. The molecule has 2 heterocycles. The highest BCUT2D eigenvalue weighted by Crippen LogP contribution is 2.47. The molecule has 1 fully saturated rings. The molecule has 2 N–H and O–H groups in total. The Morgan fingerprint density at radius 2 is 1.38 bits per heavy atom. The first-order valence-electron chi connectivity index (χ1n) is 13.0. The van der Waals surface area contributed by atoms with Crippen LogP contribution in [0.5, 0.6) is 11.8 Å². The van der Waals surface area contributed by atoms with Crippen molar-refractivity contribution < 1.29 is 14.9 Å². The normalized spacial score (nSPS) is 18.9. The number of unbranched alkanes of at least 4 members (excludes halogenated alkanes) is 9. The second-order valence-electron chi connectivity index (χ2n) is 11.2. The van der Waals surface area contributed by atoms with E-state index in [4.69, 9.17) is 4.74 Å². The number of methoxy groups -OCH3 is 1. The highest BCUT2D eigenvalue weighted by molar-refractivity contribution is 5.36. The van der Waals surface area contributed by atoms with Gasteiger partial charge in [0.25, 0.3) is 0 Å². The molecule has 0 saturated carbocycles. The lowest BCUT2D eigenvalue weighted by Crippen LogP contribution is -2.61. The van der Waals surface area contributed by atoms with Crippen LogP contribution in [0.2, 0.25) is 0 Å². The first-order valence-corrected chi connectivity index (χ1v) is 13.0. The Kier molecular flexibility index (Phi) is 10.4. The van der Waals surface area contributed by atoms with Crippen LogP contribution < -0.4 is 0 Å². The summed E-state index contributed by atoms with van der Waals surface area (Å²) in [6.07, 6.45) is 15.5. The largest absolute Gasteiger partial charge is 0.494 e. The molecule has 0 amide bonds. The van der Waals surface area contributed by atoms with Crippen LogP contribution in [-0.4, -0.2) is 44.6 Å². The van der Waals surface area contributed by atoms with Crippen molar-refractivity contribution in [2.75, 3.05) is 13.8 Å². The number of hydrogen-bond acceptors (Lipinski definition) is 4. The van der Waals surface area contributed by atoms with Crippen molar-refractivity contribution in [1.82, 2.24) is 9.47 Å². The topological polar surface area (TPSA) is 57.9 Å². The highest BCUT2D eigenvalue weighted by atomic mass is 16.5. The molecule has 5 nitrogen and oxygen atoms in total. The highest BCUT2D eigenvalue weighted by Gasteiger charge is 2.46. The molecule has 1 aliphatic heterocycles. The van der Waals surface area contributed by atoms with Gasteiger partial charge in [0.1, 0.15) is 0 Å². The minimum atomic E-state index is -0.0950. The lowest BCUT2D eigenvalue weighted by Gasteiger charge is -2.55. The van der Waals surface area contributed by atoms with Gasteiger partial charge in [-0.25, -0.2) is 0 Å². The average molecular weight is 451 g/mol. The van der Waals surface area contributed by atoms with Gasteiger partial charge in [-0.1, -0.05) is 64.7 Å². The van der Waals surface area contributed by atoms with E-state index in [2.05, 4.69) is 39.5 Å². The van der Waals surface area contributed by atoms with Gasteiger partial charge in [0, 0.05) is 35.9 Å². The standard InChI is InChI=1S/C27H50N2O3/c1-7-8-9-10-11-12-13-14-15-16-17-22-18-24(30)29(25(22)31)23-19-26(2,3)28(21-32-6)27(4,5)20-23/h18,23,30-31H,7-17,19-21H2,1-6H3. The van der Waals surface area contributed by atoms with Gasteiger partial charge in [0.05, 0.1) is 6.73 Å². The summed E-state index contributed by atoms with van der Waals surface area (Å²) in [5.41, 5.74) is 0.696. The molecule has 1 aliphatic rings. The Hall–Kier alpha value is -1.20. The van der Waals surface area contributed by atoms with Crippen LogP contribution in [0.1, 0.15) is 123 Å². The maximum Gasteiger partial charge on any atom is 0.197 e. The van der Waals surface area contributed by atoms with Crippen molar-refractivity contribution in [2.24, 2.45) is 0 Å². The van der Waals surface area contributed by atoms with Crippen molar-refractivity contribution >= 4 is 0 Å². The molecule has 5 heteroatoms. The number of hydrogen-bond donors (Lipinski definition) is 2. The third-order valence-corrected chi connectivity index (χ3v) is 7.42. The second kappa shape index (κ2) is 12.3. The van der Waals surface area contributed by atoms with E-state index in [0.717, 1.165) is 31.2 Å². The van der Waals surface area contributed by atoms with E-state index in [0.29, 0.717) is 6.73 Å². The van der Waals surface area contributed by atoms with E-state index in [-0.39, 0.29) is 28.9 Å². The first kappa shape index (κ1) is 27.0. The molecule has 0 atom stereocenters. The van der Waals surface area contributed by atoms with Crippen molar-refractivity contribution in [3.8, 4) is 11.8 Å². The molecule has 186 valence electrons. The SMILES string of the molecule is CCCCCCCCCCCCc1cc(O)n(C2CC(C)(C)N(COC)C(C)(C)C2)c1O. The Balaban J connectivity index is 1.88. The Bertz CT molecular complexity index is 663. The molecule has 32 heavy (non-hydrogen) atoms. The fraction of sp³-hybridized carbons (Fsp3) is 0.852. The van der Waals surface area contributed by atoms with E-state index in [1.165, 1.54) is 57.8 Å². The van der Waals surface area contributed by atoms with Gasteiger partial charge in [-0.15, -0.1) is 0 Å². The van der Waals surface area contributed by atoms with E-state index in [1.807, 2.05) is 0 Å². The Morgan fingerprint density at radius 3 is 1.88 bits per heavy atom. The minimum absolute atomic E-state index is 0.0644. The number of nitrogens with zero attached hydrogens (tertiary/aromatic N) is 2. The molecule has 0 radical (unpaired) electrons. The summed E-state index contributed by atoms with van der Waals surface area (Å²) < 4.78 is 7.24. The molecule has 2 rings (SSSR count). The fourth-order valence-electron chi connectivity index (χ4n) is 5.83. The Labute approximate surface area is 197 Å². The van der Waals surface area contributed by atoms with E-state index >= 15 is 0 Å². The van der Waals surface area contributed by atoms with Crippen LogP contribution in [0.3, 0.4) is 0 Å². The maximum absolute atomic E-state index is 11.0. The van der Waals surface area contributed by atoms with E-state index < -0.39 is 0 Å². The summed E-state index contributed by atoms with van der Waals surface area (Å²) >= 11 is 0.